The molecule has 28 heavy (non-hydrogen) atoms. The van der Waals surface area contributed by atoms with E-state index in [2.05, 4.69) is 5.32 Å². The maximum absolute atomic E-state index is 12.6. The first-order chi connectivity index (χ1) is 13.3. The molecule has 0 saturated heterocycles. The van der Waals surface area contributed by atoms with Crippen molar-refractivity contribution in [2.75, 3.05) is 23.9 Å². The molecule has 2 amide bonds. The number of anilines is 2. The van der Waals surface area contributed by atoms with Crippen LogP contribution >= 0.6 is 0 Å². The van der Waals surface area contributed by atoms with Crippen LogP contribution in [0.2, 0.25) is 0 Å². The third kappa shape index (κ3) is 4.53. The van der Waals surface area contributed by atoms with Crippen molar-refractivity contribution in [1.29, 1.82) is 0 Å². The summed E-state index contributed by atoms with van der Waals surface area (Å²) in [6.07, 6.45) is 1.90. The molecule has 0 atom stereocenters. The average Bonchev–Trinajstić information content (AvgIpc) is 3.08. The van der Waals surface area contributed by atoms with Crippen molar-refractivity contribution < 1.29 is 14.3 Å². The van der Waals surface area contributed by atoms with Crippen molar-refractivity contribution in [2.24, 2.45) is 5.41 Å². The first kappa shape index (κ1) is 19.9. The topological polar surface area (TPSA) is 58.6 Å². The number of nitrogens with one attached hydrogen (secondary N) is 1. The van der Waals surface area contributed by atoms with Gasteiger partial charge in [-0.3, -0.25) is 9.59 Å². The Morgan fingerprint density at radius 2 is 1.82 bits per heavy atom. The molecule has 1 aliphatic heterocycles. The molecule has 0 unspecified atom stereocenters. The minimum absolute atomic E-state index is 0.0172. The van der Waals surface area contributed by atoms with E-state index in [1.165, 1.54) is 0 Å². The molecule has 5 nitrogen and oxygen atoms in total. The van der Waals surface area contributed by atoms with E-state index in [-0.39, 0.29) is 11.8 Å². The molecule has 0 saturated carbocycles. The Morgan fingerprint density at radius 3 is 2.46 bits per heavy atom. The first-order valence-electron chi connectivity index (χ1n) is 9.65. The standard InChI is InChI=1S/C23H28N2O3/c1-23(2,3)22(27)25-14-13-17-15-18(8-11-20(17)25)24-21(26)12-7-16-5-9-19(28-4)10-6-16/h5-6,8-11,15H,7,12-14H2,1-4H3,(H,24,26). The lowest BCUT2D eigenvalue weighted by molar-refractivity contribution is -0.125. The molecule has 0 aliphatic carbocycles. The third-order valence-corrected chi connectivity index (χ3v) is 4.95. The Bertz CT molecular complexity index is 866. The van der Waals surface area contributed by atoms with Crippen molar-refractivity contribution in [1.82, 2.24) is 0 Å². The van der Waals surface area contributed by atoms with Crippen LogP contribution in [0.4, 0.5) is 11.4 Å². The van der Waals surface area contributed by atoms with Gasteiger partial charge in [0.1, 0.15) is 5.75 Å². The largest absolute Gasteiger partial charge is 0.497 e. The highest BCUT2D eigenvalue weighted by Crippen LogP contribution is 2.33. The van der Waals surface area contributed by atoms with Gasteiger partial charge in [0.15, 0.2) is 0 Å². The van der Waals surface area contributed by atoms with E-state index in [9.17, 15) is 9.59 Å². The summed E-state index contributed by atoms with van der Waals surface area (Å²) in [5.41, 5.74) is 3.53. The molecular weight excluding hydrogens is 352 g/mol. The van der Waals surface area contributed by atoms with Gasteiger partial charge in [0.2, 0.25) is 11.8 Å². The maximum atomic E-state index is 12.6. The Hall–Kier alpha value is -2.82. The number of ether oxygens (including phenoxy) is 1. The van der Waals surface area contributed by atoms with Crippen LogP contribution in [0, 0.1) is 5.41 Å². The molecule has 2 aromatic rings. The zero-order valence-electron chi connectivity index (χ0n) is 17.0. The van der Waals surface area contributed by atoms with Crippen molar-refractivity contribution >= 4 is 23.2 Å². The van der Waals surface area contributed by atoms with Gasteiger partial charge >= 0.3 is 0 Å². The average molecular weight is 380 g/mol. The number of hydrogen-bond acceptors (Lipinski definition) is 3. The summed E-state index contributed by atoms with van der Waals surface area (Å²) in [6.45, 7) is 6.50. The zero-order valence-corrected chi connectivity index (χ0v) is 17.0. The number of benzene rings is 2. The minimum Gasteiger partial charge on any atom is -0.497 e. The normalized spacial score (nSPS) is 13.2. The van der Waals surface area contributed by atoms with Gasteiger partial charge in [-0.05, 0) is 54.3 Å². The van der Waals surface area contributed by atoms with Crippen LogP contribution in [0.15, 0.2) is 42.5 Å². The van der Waals surface area contributed by atoms with E-state index in [1.54, 1.807) is 7.11 Å². The number of methoxy groups -OCH3 is 1. The molecule has 0 spiro atoms. The lowest BCUT2D eigenvalue weighted by atomic mass is 9.94. The van der Waals surface area contributed by atoms with Crippen molar-refractivity contribution in [3.8, 4) is 5.75 Å². The predicted molar refractivity (Wildman–Crippen MR) is 112 cm³/mol. The quantitative estimate of drug-likeness (QED) is 0.846. The highest BCUT2D eigenvalue weighted by molar-refractivity contribution is 5.99. The molecule has 2 aromatic carbocycles. The highest BCUT2D eigenvalue weighted by Gasteiger charge is 2.32. The molecule has 0 fully saturated rings. The summed E-state index contributed by atoms with van der Waals surface area (Å²) in [4.78, 5) is 26.8. The van der Waals surface area contributed by atoms with Crippen molar-refractivity contribution in [2.45, 2.75) is 40.0 Å². The smallest absolute Gasteiger partial charge is 0.232 e. The molecule has 148 valence electrons. The van der Waals surface area contributed by atoms with E-state index < -0.39 is 5.41 Å². The zero-order chi connectivity index (χ0) is 20.3. The molecule has 0 bridgehead atoms. The summed E-state index contributed by atoms with van der Waals surface area (Å²) in [7, 11) is 1.64. The lowest BCUT2D eigenvalue weighted by Crippen LogP contribution is -2.38. The third-order valence-electron chi connectivity index (χ3n) is 4.95. The highest BCUT2D eigenvalue weighted by atomic mass is 16.5. The number of rotatable bonds is 5. The summed E-state index contributed by atoms with van der Waals surface area (Å²) in [5.74, 6) is 0.921. The van der Waals surface area contributed by atoms with Gasteiger partial charge in [-0.25, -0.2) is 0 Å². The molecule has 0 aromatic heterocycles. The maximum Gasteiger partial charge on any atom is 0.232 e. The van der Waals surface area contributed by atoms with Gasteiger partial charge in [0, 0.05) is 29.8 Å². The molecule has 0 radical (unpaired) electrons. The Balaban J connectivity index is 1.59. The second kappa shape index (κ2) is 8.05. The van der Waals surface area contributed by atoms with Crippen LogP contribution in [0.5, 0.6) is 5.75 Å². The summed E-state index contributed by atoms with van der Waals surface area (Å²) in [5, 5.41) is 2.97. The first-order valence-corrected chi connectivity index (χ1v) is 9.65. The predicted octanol–water partition coefficient (Wildman–Crippen LogP) is 4.20. The van der Waals surface area contributed by atoms with Crippen molar-refractivity contribution in [3.05, 3.63) is 53.6 Å². The van der Waals surface area contributed by atoms with E-state index in [0.717, 1.165) is 34.7 Å². The fourth-order valence-corrected chi connectivity index (χ4v) is 3.37. The summed E-state index contributed by atoms with van der Waals surface area (Å²) in [6, 6.07) is 13.5. The van der Waals surface area contributed by atoms with Crippen LogP contribution < -0.4 is 15.0 Å². The van der Waals surface area contributed by atoms with Gasteiger partial charge < -0.3 is 15.0 Å². The molecular formula is C23H28N2O3. The van der Waals surface area contributed by atoms with E-state index in [1.807, 2.05) is 68.1 Å². The van der Waals surface area contributed by atoms with Crippen LogP contribution in [0.3, 0.4) is 0 Å². The molecule has 1 N–H and O–H groups in total. The van der Waals surface area contributed by atoms with Crippen LogP contribution in [-0.4, -0.2) is 25.5 Å². The molecule has 5 heteroatoms. The fourth-order valence-electron chi connectivity index (χ4n) is 3.37. The van der Waals surface area contributed by atoms with Gasteiger partial charge in [-0.2, -0.15) is 0 Å². The van der Waals surface area contributed by atoms with Gasteiger partial charge in [0.25, 0.3) is 0 Å². The van der Waals surface area contributed by atoms with E-state index in [0.29, 0.717) is 19.4 Å². The number of carbonyl (C=O) groups excluding carboxylic acids is 2. The minimum atomic E-state index is -0.407. The number of fused-ring (bicyclic) bond motifs is 1. The van der Waals surface area contributed by atoms with Gasteiger partial charge in [-0.15, -0.1) is 0 Å². The van der Waals surface area contributed by atoms with Gasteiger partial charge in [-0.1, -0.05) is 32.9 Å². The van der Waals surface area contributed by atoms with Crippen molar-refractivity contribution in [3.63, 3.8) is 0 Å². The lowest BCUT2D eigenvalue weighted by Gasteiger charge is -2.26. The van der Waals surface area contributed by atoms with Crippen LogP contribution in [-0.2, 0) is 22.4 Å². The number of nitrogens with zero attached hydrogens (tertiary/aromatic N) is 1. The van der Waals surface area contributed by atoms with Gasteiger partial charge in [0.05, 0.1) is 7.11 Å². The van der Waals surface area contributed by atoms with E-state index in [4.69, 9.17) is 4.74 Å². The second-order valence-corrected chi connectivity index (χ2v) is 8.20. The summed E-state index contributed by atoms with van der Waals surface area (Å²) >= 11 is 0. The summed E-state index contributed by atoms with van der Waals surface area (Å²) < 4.78 is 5.15. The molecule has 1 heterocycles. The Morgan fingerprint density at radius 1 is 1.11 bits per heavy atom. The fraction of sp³-hybridized carbons (Fsp3) is 0.391. The van der Waals surface area contributed by atoms with E-state index >= 15 is 0 Å². The second-order valence-electron chi connectivity index (χ2n) is 8.20. The number of aryl methyl sites for hydroxylation is 1. The number of hydrogen-bond donors (Lipinski definition) is 1. The number of carbonyl (C=O) groups is 2. The van der Waals surface area contributed by atoms with Crippen LogP contribution in [0.25, 0.3) is 0 Å². The molecule has 3 rings (SSSR count). The Kier molecular flexibility index (Phi) is 5.73. The monoisotopic (exact) mass is 380 g/mol. The molecule has 1 aliphatic rings. The number of amides is 2. The Labute approximate surface area is 166 Å². The van der Waals surface area contributed by atoms with Crippen LogP contribution in [0.1, 0.15) is 38.3 Å². The SMILES string of the molecule is COc1ccc(CCC(=O)Nc2ccc3c(c2)CCN3C(=O)C(C)(C)C)cc1.